The number of rotatable bonds is 6. The Labute approximate surface area is 225 Å². The van der Waals surface area contributed by atoms with Crippen LogP contribution < -0.4 is 14.4 Å². The van der Waals surface area contributed by atoms with Crippen LogP contribution in [0.2, 0.25) is 0 Å². The number of aryl methyl sites for hydroxylation is 1. The van der Waals surface area contributed by atoms with Crippen LogP contribution in [0.15, 0.2) is 66.2 Å². The molecule has 2 heterocycles. The predicted molar refractivity (Wildman–Crippen MR) is 149 cm³/mol. The molecule has 1 amide bonds. The molecular weight excluding hydrogens is 500 g/mol. The number of ether oxygens (including phenoxy) is 2. The first-order chi connectivity index (χ1) is 18.2. The number of fused-ring (bicyclic) bond motifs is 1. The second kappa shape index (κ2) is 9.95. The Morgan fingerprint density at radius 1 is 1.00 bits per heavy atom. The van der Waals surface area contributed by atoms with Crippen LogP contribution in [0.1, 0.15) is 48.1 Å². The molecule has 3 aromatic carbocycles. The summed E-state index contributed by atoms with van der Waals surface area (Å²) in [5.41, 5.74) is 3.77. The third-order valence-electron chi connectivity index (χ3n) is 6.82. The lowest BCUT2D eigenvalue weighted by Gasteiger charge is -2.23. The lowest BCUT2D eigenvalue weighted by atomic mass is 9.93. The average Bonchev–Trinajstić information content (AvgIpc) is 3.45. The van der Waals surface area contributed by atoms with E-state index in [4.69, 9.17) is 9.47 Å². The van der Waals surface area contributed by atoms with E-state index in [1.165, 1.54) is 16.2 Å². The van der Waals surface area contributed by atoms with Gasteiger partial charge in [0.2, 0.25) is 0 Å². The molecule has 194 valence electrons. The zero-order valence-corrected chi connectivity index (χ0v) is 22.6. The summed E-state index contributed by atoms with van der Waals surface area (Å²) in [6, 6.07) is 17.5. The van der Waals surface area contributed by atoms with E-state index < -0.39 is 17.7 Å². The van der Waals surface area contributed by atoms with Crippen molar-refractivity contribution in [3.63, 3.8) is 0 Å². The van der Waals surface area contributed by atoms with Crippen LogP contribution in [-0.2, 0) is 9.59 Å². The SMILES string of the molecule is COc1ccc2nc(N3C(=O)C(=O)C(=C(O)c4ccc(OC)c(C)c4)C3c3ccc(C(C)C)cc3)sc2c1. The lowest BCUT2D eigenvalue weighted by Crippen LogP contribution is -2.29. The number of nitrogens with zero attached hydrogens (tertiary/aromatic N) is 2. The summed E-state index contributed by atoms with van der Waals surface area (Å²) in [4.78, 5) is 33.1. The highest BCUT2D eigenvalue weighted by molar-refractivity contribution is 7.22. The standard InChI is InChI=1S/C30H28N2O5S/c1-16(2)18-6-8-19(9-7-18)26-25(27(33)20-10-13-23(37-5)17(3)14-20)28(34)29(35)32(26)30-31-22-12-11-21(36-4)15-24(22)38-30/h6-16,26,33H,1-5H3. The number of hydrogen-bond acceptors (Lipinski definition) is 7. The molecule has 5 rings (SSSR count). The van der Waals surface area contributed by atoms with Gasteiger partial charge in [0, 0.05) is 5.56 Å². The van der Waals surface area contributed by atoms with Crippen molar-refractivity contribution in [3.05, 3.63) is 88.5 Å². The van der Waals surface area contributed by atoms with Gasteiger partial charge in [0.05, 0.1) is 36.1 Å². The van der Waals surface area contributed by atoms with E-state index >= 15 is 0 Å². The molecule has 1 aromatic heterocycles. The third-order valence-corrected chi connectivity index (χ3v) is 7.84. The number of carbonyl (C=O) groups is 2. The van der Waals surface area contributed by atoms with Gasteiger partial charge in [-0.25, -0.2) is 4.98 Å². The second-order valence-corrected chi connectivity index (χ2v) is 10.5. The van der Waals surface area contributed by atoms with Crippen LogP contribution in [0.4, 0.5) is 5.13 Å². The molecule has 1 fully saturated rings. The lowest BCUT2D eigenvalue weighted by molar-refractivity contribution is -0.132. The molecule has 4 aromatic rings. The Hall–Kier alpha value is -4.17. The molecular formula is C30H28N2O5S. The summed E-state index contributed by atoms with van der Waals surface area (Å²) in [5.74, 6) is -0.0843. The Kier molecular flexibility index (Phi) is 6.67. The van der Waals surface area contributed by atoms with Gasteiger partial charge in [-0.2, -0.15) is 0 Å². The maximum absolute atomic E-state index is 13.5. The molecule has 1 atom stereocenters. The number of thiazole rings is 1. The Bertz CT molecular complexity index is 1590. The monoisotopic (exact) mass is 528 g/mol. The van der Waals surface area contributed by atoms with Gasteiger partial charge in [0.15, 0.2) is 5.13 Å². The van der Waals surface area contributed by atoms with Crippen molar-refractivity contribution in [1.82, 2.24) is 4.98 Å². The van der Waals surface area contributed by atoms with Gasteiger partial charge in [-0.3, -0.25) is 14.5 Å². The van der Waals surface area contributed by atoms with Gasteiger partial charge in [-0.15, -0.1) is 0 Å². The van der Waals surface area contributed by atoms with Crippen LogP contribution in [0.3, 0.4) is 0 Å². The minimum Gasteiger partial charge on any atom is -0.507 e. The van der Waals surface area contributed by atoms with Crippen LogP contribution in [0, 0.1) is 6.92 Å². The van der Waals surface area contributed by atoms with E-state index in [1.807, 2.05) is 43.3 Å². The van der Waals surface area contributed by atoms with Crippen molar-refractivity contribution in [1.29, 1.82) is 0 Å². The Morgan fingerprint density at radius 3 is 2.37 bits per heavy atom. The van der Waals surface area contributed by atoms with Crippen molar-refractivity contribution in [2.45, 2.75) is 32.7 Å². The molecule has 0 spiro atoms. The minimum atomic E-state index is -0.846. The van der Waals surface area contributed by atoms with E-state index in [9.17, 15) is 14.7 Å². The van der Waals surface area contributed by atoms with Gasteiger partial charge < -0.3 is 14.6 Å². The molecule has 8 heteroatoms. The van der Waals surface area contributed by atoms with E-state index in [0.717, 1.165) is 15.8 Å². The first-order valence-electron chi connectivity index (χ1n) is 12.2. The summed E-state index contributed by atoms with van der Waals surface area (Å²) < 4.78 is 11.5. The maximum atomic E-state index is 13.5. The third kappa shape index (κ3) is 4.31. The molecule has 0 aliphatic carbocycles. The summed E-state index contributed by atoms with van der Waals surface area (Å²) in [5, 5.41) is 11.8. The van der Waals surface area contributed by atoms with Gasteiger partial charge in [-0.1, -0.05) is 49.4 Å². The van der Waals surface area contributed by atoms with Crippen molar-refractivity contribution in [2.75, 3.05) is 19.1 Å². The highest BCUT2D eigenvalue weighted by Crippen LogP contribution is 2.45. The van der Waals surface area contributed by atoms with Crippen LogP contribution in [0.25, 0.3) is 16.0 Å². The number of aromatic nitrogens is 1. The largest absolute Gasteiger partial charge is 0.507 e. The number of ketones is 1. The van der Waals surface area contributed by atoms with E-state index in [0.29, 0.717) is 39.2 Å². The van der Waals surface area contributed by atoms with Gasteiger partial charge in [0.25, 0.3) is 5.78 Å². The minimum absolute atomic E-state index is 0.0219. The summed E-state index contributed by atoms with van der Waals surface area (Å²) in [6.45, 7) is 6.05. The topological polar surface area (TPSA) is 89.0 Å². The fourth-order valence-corrected chi connectivity index (χ4v) is 5.73. The summed E-state index contributed by atoms with van der Waals surface area (Å²) in [6.07, 6.45) is 0. The zero-order valence-electron chi connectivity index (χ0n) is 21.8. The van der Waals surface area contributed by atoms with Crippen molar-refractivity contribution in [3.8, 4) is 11.5 Å². The fraction of sp³-hybridized carbons (Fsp3) is 0.233. The molecule has 1 N–H and O–H groups in total. The van der Waals surface area contributed by atoms with Crippen molar-refractivity contribution in [2.24, 2.45) is 0 Å². The first kappa shape index (κ1) is 25.5. The van der Waals surface area contributed by atoms with E-state index in [-0.39, 0.29) is 11.3 Å². The Morgan fingerprint density at radius 2 is 1.74 bits per heavy atom. The van der Waals surface area contributed by atoms with Crippen LogP contribution in [-0.4, -0.2) is 36.0 Å². The molecule has 1 aliphatic rings. The number of benzene rings is 3. The molecule has 7 nitrogen and oxygen atoms in total. The number of carbonyl (C=O) groups excluding carboxylic acids is 2. The molecule has 0 radical (unpaired) electrons. The number of aliphatic hydroxyl groups is 1. The molecule has 1 aliphatic heterocycles. The molecule has 38 heavy (non-hydrogen) atoms. The number of anilines is 1. The highest BCUT2D eigenvalue weighted by Gasteiger charge is 2.48. The normalized spacial score (nSPS) is 17.0. The average molecular weight is 529 g/mol. The number of hydrogen-bond donors (Lipinski definition) is 1. The first-order valence-corrected chi connectivity index (χ1v) is 13.1. The number of aliphatic hydroxyl groups excluding tert-OH is 1. The van der Waals surface area contributed by atoms with Crippen molar-refractivity contribution < 1.29 is 24.2 Å². The quantitative estimate of drug-likeness (QED) is 0.178. The number of methoxy groups -OCH3 is 2. The fourth-order valence-electron chi connectivity index (χ4n) is 4.71. The van der Waals surface area contributed by atoms with E-state index in [1.54, 1.807) is 38.5 Å². The van der Waals surface area contributed by atoms with E-state index in [2.05, 4.69) is 18.8 Å². The van der Waals surface area contributed by atoms with Gasteiger partial charge in [0.1, 0.15) is 17.3 Å². The van der Waals surface area contributed by atoms with Crippen molar-refractivity contribution >= 4 is 44.1 Å². The summed E-state index contributed by atoms with van der Waals surface area (Å²) >= 11 is 1.29. The number of amides is 1. The van der Waals surface area contributed by atoms with Crippen LogP contribution in [0.5, 0.6) is 11.5 Å². The molecule has 1 saturated heterocycles. The second-order valence-electron chi connectivity index (χ2n) is 9.50. The zero-order chi connectivity index (χ0) is 27.1. The Balaban J connectivity index is 1.70. The van der Waals surface area contributed by atoms with Gasteiger partial charge in [-0.05, 0) is 65.9 Å². The predicted octanol–water partition coefficient (Wildman–Crippen LogP) is 6.37. The number of Topliss-reactive ketones (excluding diaryl/α,β-unsaturated/α-hetero) is 1. The highest BCUT2D eigenvalue weighted by atomic mass is 32.1. The molecule has 0 bridgehead atoms. The smallest absolute Gasteiger partial charge is 0.301 e. The molecule has 0 saturated carbocycles. The van der Waals surface area contributed by atoms with Gasteiger partial charge >= 0.3 is 5.91 Å². The molecule has 1 unspecified atom stereocenters. The summed E-state index contributed by atoms with van der Waals surface area (Å²) in [7, 11) is 3.16. The maximum Gasteiger partial charge on any atom is 0.301 e. The van der Waals surface area contributed by atoms with Crippen LogP contribution >= 0.6 is 11.3 Å².